The van der Waals surface area contributed by atoms with Gasteiger partial charge in [0.05, 0.1) is 0 Å². The molecule has 20 heavy (non-hydrogen) atoms. The third kappa shape index (κ3) is 3.29. The molecule has 0 spiro atoms. The first-order valence-corrected chi connectivity index (χ1v) is 7.48. The summed E-state index contributed by atoms with van der Waals surface area (Å²) in [5.41, 5.74) is 0.649. The fourth-order valence-corrected chi connectivity index (χ4v) is 2.82. The first-order chi connectivity index (χ1) is 9.52. The molecule has 1 aromatic rings. The molecule has 0 amide bonds. The highest BCUT2D eigenvalue weighted by Crippen LogP contribution is 2.27. The molecule has 1 aliphatic rings. The average Bonchev–Trinajstić information content (AvgIpc) is 2.41. The van der Waals surface area contributed by atoms with Crippen molar-refractivity contribution in [3.8, 4) is 0 Å². The molecule has 1 heterocycles. The maximum absolute atomic E-state index is 14.3. The van der Waals surface area contributed by atoms with Crippen LogP contribution in [0.1, 0.15) is 38.7 Å². The number of anilines is 1. The van der Waals surface area contributed by atoms with E-state index in [1.165, 1.54) is 12.1 Å². The van der Waals surface area contributed by atoms with E-state index in [1.807, 2.05) is 4.90 Å². The summed E-state index contributed by atoms with van der Waals surface area (Å²) in [5, 5.41) is 3.57. The highest BCUT2D eigenvalue weighted by Gasteiger charge is 2.22. The van der Waals surface area contributed by atoms with Crippen LogP contribution in [0.3, 0.4) is 0 Å². The van der Waals surface area contributed by atoms with E-state index in [0.717, 1.165) is 19.3 Å². The summed E-state index contributed by atoms with van der Waals surface area (Å²) in [6.07, 6.45) is 2.84. The molecule has 1 saturated heterocycles. The zero-order valence-corrected chi connectivity index (χ0v) is 12.5. The molecule has 1 fully saturated rings. The monoisotopic (exact) mass is 282 g/mol. The van der Waals surface area contributed by atoms with Gasteiger partial charge in [-0.1, -0.05) is 13.0 Å². The van der Waals surface area contributed by atoms with Crippen LogP contribution in [0.15, 0.2) is 12.1 Å². The number of halogens is 2. The molecular formula is C16H24F2N2. The second-order valence-corrected chi connectivity index (χ2v) is 5.76. The molecule has 1 aliphatic heterocycles. The standard InChI is InChI=1S/C16H24F2N2/c1-4-13-8-10-20(9-7-12(3)19-13)16-14(17)6-5-11(2)15(16)18/h5-6,12-13,19H,4,7-10H2,1-3H3. The van der Waals surface area contributed by atoms with Gasteiger partial charge in [-0.25, -0.2) is 8.78 Å². The molecule has 2 unspecified atom stereocenters. The van der Waals surface area contributed by atoms with Gasteiger partial charge in [0, 0.05) is 25.2 Å². The second kappa shape index (κ2) is 6.53. The molecule has 2 rings (SSSR count). The molecule has 1 N–H and O–H groups in total. The van der Waals surface area contributed by atoms with Crippen molar-refractivity contribution in [2.75, 3.05) is 18.0 Å². The fraction of sp³-hybridized carbons (Fsp3) is 0.625. The van der Waals surface area contributed by atoms with Gasteiger partial charge in [-0.05, 0) is 44.7 Å². The van der Waals surface area contributed by atoms with Gasteiger partial charge in [0.2, 0.25) is 0 Å². The van der Waals surface area contributed by atoms with E-state index in [-0.39, 0.29) is 5.69 Å². The van der Waals surface area contributed by atoms with E-state index in [0.29, 0.717) is 30.7 Å². The van der Waals surface area contributed by atoms with Crippen LogP contribution in [0.5, 0.6) is 0 Å². The summed E-state index contributed by atoms with van der Waals surface area (Å²) < 4.78 is 28.3. The number of hydrogen-bond donors (Lipinski definition) is 1. The lowest BCUT2D eigenvalue weighted by Crippen LogP contribution is -2.44. The number of nitrogens with one attached hydrogen (secondary N) is 1. The van der Waals surface area contributed by atoms with E-state index in [2.05, 4.69) is 19.2 Å². The van der Waals surface area contributed by atoms with E-state index in [1.54, 1.807) is 6.92 Å². The van der Waals surface area contributed by atoms with Crippen LogP contribution in [0, 0.1) is 18.6 Å². The normalized spacial score (nSPS) is 24.4. The van der Waals surface area contributed by atoms with Crippen molar-refractivity contribution in [3.05, 3.63) is 29.3 Å². The number of nitrogens with zero attached hydrogens (tertiary/aromatic N) is 1. The van der Waals surface area contributed by atoms with Gasteiger partial charge in [-0.15, -0.1) is 0 Å². The van der Waals surface area contributed by atoms with Crippen molar-refractivity contribution >= 4 is 5.69 Å². The van der Waals surface area contributed by atoms with Gasteiger partial charge in [0.15, 0.2) is 5.82 Å². The highest BCUT2D eigenvalue weighted by molar-refractivity contribution is 5.51. The first kappa shape index (κ1) is 15.2. The summed E-state index contributed by atoms with van der Waals surface area (Å²) in [6, 6.07) is 3.66. The minimum Gasteiger partial charge on any atom is -0.367 e. The lowest BCUT2D eigenvalue weighted by Gasteiger charge is -2.33. The second-order valence-electron chi connectivity index (χ2n) is 5.76. The summed E-state index contributed by atoms with van der Waals surface area (Å²) in [7, 11) is 0. The predicted molar refractivity (Wildman–Crippen MR) is 79.2 cm³/mol. The highest BCUT2D eigenvalue weighted by atomic mass is 19.1. The molecule has 0 bridgehead atoms. The van der Waals surface area contributed by atoms with Crippen molar-refractivity contribution in [1.29, 1.82) is 0 Å². The molecule has 1 aromatic carbocycles. The van der Waals surface area contributed by atoms with Gasteiger partial charge in [-0.3, -0.25) is 0 Å². The van der Waals surface area contributed by atoms with Crippen LogP contribution in [0.2, 0.25) is 0 Å². The van der Waals surface area contributed by atoms with Gasteiger partial charge >= 0.3 is 0 Å². The van der Waals surface area contributed by atoms with E-state index in [4.69, 9.17) is 0 Å². The SMILES string of the molecule is CCC1CCN(c2c(F)ccc(C)c2F)CCC(C)N1. The summed E-state index contributed by atoms with van der Waals surface area (Å²) >= 11 is 0. The summed E-state index contributed by atoms with van der Waals surface area (Å²) in [4.78, 5) is 1.87. The molecule has 0 aromatic heterocycles. The molecular weight excluding hydrogens is 258 g/mol. The maximum atomic E-state index is 14.3. The van der Waals surface area contributed by atoms with Crippen LogP contribution >= 0.6 is 0 Å². The van der Waals surface area contributed by atoms with Crippen LogP contribution in [-0.2, 0) is 0 Å². The Morgan fingerprint density at radius 2 is 1.95 bits per heavy atom. The zero-order valence-electron chi connectivity index (χ0n) is 12.5. The lowest BCUT2D eigenvalue weighted by atomic mass is 10.0. The maximum Gasteiger partial charge on any atom is 0.152 e. The van der Waals surface area contributed by atoms with E-state index in [9.17, 15) is 8.78 Å². The Hall–Kier alpha value is -1.16. The van der Waals surface area contributed by atoms with E-state index < -0.39 is 11.6 Å². The number of benzene rings is 1. The van der Waals surface area contributed by atoms with Gasteiger partial charge < -0.3 is 10.2 Å². The Labute approximate surface area is 120 Å². The van der Waals surface area contributed by atoms with Crippen LogP contribution in [-0.4, -0.2) is 25.2 Å². The summed E-state index contributed by atoms with van der Waals surface area (Å²) in [6.45, 7) is 7.33. The zero-order chi connectivity index (χ0) is 14.7. The largest absolute Gasteiger partial charge is 0.367 e. The van der Waals surface area contributed by atoms with Crippen LogP contribution < -0.4 is 10.2 Å². The molecule has 2 nitrogen and oxygen atoms in total. The van der Waals surface area contributed by atoms with Crippen molar-refractivity contribution in [1.82, 2.24) is 5.32 Å². The van der Waals surface area contributed by atoms with Crippen molar-refractivity contribution < 1.29 is 8.78 Å². The third-order valence-corrected chi connectivity index (χ3v) is 4.17. The van der Waals surface area contributed by atoms with Gasteiger partial charge in [-0.2, -0.15) is 0 Å². The molecule has 112 valence electrons. The Balaban J connectivity index is 2.25. The molecule has 0 saturated carbocycles. The Morgan fingerprint density at radius 3 is 2.65 bits per heavy atom. The summed E-state index contributed by atoms with van der Waals surface area (Å²) in [5.74, 6) is -0.874. The quantitative estimate of drug-likeness (QED) is 0.891. The molecule has 0 aliphatic carbocycles. The molecule has 4 heteroatoms. The first-order valence-electron chi connectivity index (χ1n) is 7.48. The number of hydrogen-bond acceptors (Lipinski definition) is 2. The Bertz CT molecular complexity index is 462. The third-order valence-electron chi connectivity index (χ3n) is 4.17. The van der Waals surface area contributed by atoms with Crippen molar-refractivity contribution in [2.45, 2.75) is 52.1 Å². The van der Waals surface area contributed by atoms with Gasteiger partial charge in [0.1, 0.15) is 11.5 Å². The number of rotatable bonds is 2. The predicted octanol–water partition coefficient (Wildman–Crippen LogP) is 3.63. The van der Waals surface area contributed by atoms with Crippen molar-refractivity contribution in [3.63, 3.8) is 0 Å². The van der Waals surface area contributed by atoms with Crippen molar-refractivity contribution in [2.24, 2.45) is 0 Å². The topological polar surface area (TPSA) is 15.3 Å². The molecule has 2 atom stereocenters. The molecule has 0 radical (unpaired) electrons. The van der Waals surface area contributed by atoms with Gasteiger partial charge in [0.25, 0.3) is 0 Å². The van der Waals surface area contributed by atoms with Crippen LogP contribution in [0.4, 0.5) is 14.5 Å². The van der Waals surface area contributed by atoms with Crippen LogP contribution in [0.25, 0.3) is 0 Å². The number of aryl methyl sites for hydroxylation is 1. The Kier molecular flexibility index (Phi) is 4.97. The fourth-order valence-electron chi connectivity index (χ4n) is 2.82. The van der Waals surface area contributed by atoms with E-state index >= 15 is 0 Å². The Morgan fingerprint density at radius 1 is 1.25 bits per heavy atom. The minimum atomic E-state index is -0.456. The lowest BCUT2D eigenvalue weighted by molar-refractivity contribution is 0.376. The average molecular weight is 282 g/mol. The smallest absolute Gasteiger partial charge is 0.152 e. The minimum absolute atomic E-state index is 0.147.